The van der Waals surface area contributed by atoms with Crippen LogP contribution in [0.3, 0.4) is 0 Å². The molecule has 6 nitrogen and oxygen atoms in total. The smallest absolute Gasteiger partial charge is 0.245 e. The Morgan fingerprint density at radius 2 is 2.35 bits per heavy atom. The van der Waals surface area contributed by atoms with Crippen molar-refractivity contribution in [2.24, 2.45) is 0 Å². The summed E-state index contributed by atoms with van der Waals surface area (Å²) in [5, 5.41) is 0. The summed E-state index contributed by atoms with van der Waals surface area (Å²) in [6.45, 7) is 1.55. The highest BCUT2D eigenvalue weighted by molar-refractivity contribution is 6.16. The maximum atomic E-state index is 6.00. The molecule has 0 aliphatic carbocycles. The molecule has 0 aromatic carbocycles. The summed E-state index contributed by atoms with van der Waals surface area (Å²) >= 11 is 6.00. The standard InChI is InChI=1S/C13H17ClN4O2/c1-19-13-11-12(15-8-16-13)18(10(6-14)17-11)7-9-4-2-3-5-20-9/h8-9H,2-7H2,1H3. The van der Waals surface area contributed by atoms with Crippen LogP contribution in [0.2, 0.25) is 0 Å². The molecular formula is C13H17ClN4O2. The fraction of sp³-hybridized carbons (Fsp3) is 0.615. The molecule has 1 atom stereocenters. The molecule has 1 unspecified atom stereocenters. The largest absolute Gasteiger partial charge is 0.479 e. The number of hydrogen-bond donors (Lipinski definition) is 0. The lowest BCUT2D eigenvalue weighted by molar-refractivity contribution is 0.00619. The van der Waals surface area contributed by atoms with Gasteiger partial charge in [0.05, 0.1) is 25.6 Å². The van der Waals surface area contributed by atoms with Gasteiger partial charge in [0.15, 0.2) is 11.2 Å². The molecule has 0 spiro atoms. The van der Waals surface area contributed by atoms with Crippen molar-refractivity contribution in [2.75, 3.05) is 13.7 Å². The molecule has 1 aliphatic rings. The van der Waals surface area contributed by atoms with Crippen LogP contribution in [0, 0.1) is 0 Å². The van der Waals surface area contributed by atoms with E-state index in [2.05, 4.69) is 15.0 Å². The van der Waals surface area contributed by atoms with E-state index in [0.717, 1.165) is 37.5 Å². The van der Waals surface area contributed by atoms with Gasteiger partial charge in [0.2, 0.25) is 5.88 Å². The monoisotopic (exact) mass is 296 g/mol. The lowest BCUT2D eigenvalue weighted by Crippen LogP contribution is -2.25. The second-order valence-corrected chi connectivity index (χ2v) is 5.08. The van der Waals surface area contributed by atoms with Crippen LogP contribution in [-0.2, 0) is 17.2 Å². The molecular weight excluding hydrogens is 280 g/mol. The molecule has 0 saturated carbocycles. The molecule has 7 heteroatoms. The van der Waals surface area contributed by atoms with Gasteiger partial charge in [-0.1, -0.05) is 0 Å². The summed E-state index contributed by atoms with van der Waals surface area (Å²) in [6.07, 6.45) is 5.08. The number of imidazole rings is 1. The Bertz CT molecular complexity index is 595. The minimum Gasteiger partial charge on any atom is -0.479 e. The van der Waals surface area contributed by atoms with Crippen molar-refractivity contribution in [1.29, 1.82) is 0 Å². The lowest BCUT2D eigenvalue weighted by atomic mass is 10.1. The van der Waals surface area contributed by atoms with Crippen LogP contribution in [0.1, 0.15) is 25.1 Å². The van der Waals surface area contributed by atoms with E-state index >= 15 is 0 Å². The Morgan fingerprint density at radius 3 is 3.05 bits per heavy atom. The molecule has 2 aromatic rings. The van der Waals surface area contributed by atoms with Crippen LogP contribution in [0.15, 0.2) is 6.33 Å². The normalized spacial score (nSPS) is 19.4. The third-order valence-corrected chi connectivity index (χ3v) is 3.79. The molecule has 3 rings (SSSR count). The first kappa shape index (κ1) is 13.6. The van der Waals surface area contributed by atoms with Crippen molar-refractivity contribution in [3.05, 3.63) is 12.2 Å². The molecule has 1 fully saturated rings. The molecule has 0 amide bonds. The van der Waals surface area contributed by atoms with Crippen LogP contribution in [0.25, 0.3) is 11.2 Å². The van der Waals surface area contributed by atoms with Gasteiger partial charge in [-0.05, 0) is 19.3 Å². The number of methoxy groups -OCH3 is 1. The highest BCUT2D eigenvalue weighted by Crippen LogP contribution is 2.24. The number of alkyl halides is 1. The number of hydrogen-bond acceptors (Lipinski definition) is 5. The van der Waals surface area contributed by atoms with E-state index in [1.807, 2.05) is 4.57 Å². The van der Waals surface area contributed by atoms with E-state index in [1.54, 1.807) is 7.11 Å². The highest BCUT2D eigenvalue weighted by atomic mass is 35.5. The quantitative estimate of drug-likeness (QED) is 0.809. The van der Waals surface area contributed by atoms with Crippen LogP contribution in [0.5, 0.6) is 5.88 Å². The van der Waals surface area contributed by atoms with Crippen molar-refractivity contribution in [3.63, 3.8) is 0 Å². The Morgan fingerprint density at radius 1 is 1.45 bits per heavy atom. The molecule has 3 heterocycles. The molecule has 0 N–H and O–H groups in total. The minimum absolute atomic E-state index is 0.198. The molecule has 20 heavy (non-hydrogen) atoms. The Kier molecular flexibility index (Phi) is 4.03. The van der Waals surface area contributed by atoms with Crippen molar-refractivity contribution in [1.82, 2.24) is 19.5 Å². The average molecular weight is 297 g/mol. The van der Waals surface area contributed by atoms with E-state index in [0.29, 0.717) is 17.3 Å². The number of aromatic nitrogens is 4. The van der Waals surface area contributed by atoms with Crippen molar-refractivity contribution in [2.45, 2.75) is 37.8 Å². The van der Waals surface area contributed by atoms with Crippen molar-refractivity contribution in [3.8, 4) is 5.88 Å². The van der Waals surface area contributed by atoms with E-state index in [4.69, 9.17) is 21.1 Å². The van der Waals surface area contributed by atoms with Gasteiger partial charge in [-0.25, -0.2) is 9.97 Å². The summed E-state index contributed by atoms with van der Waals surface area (Å²) in [6, 6.07) is 0. The van der Waals surface area contributed by atoms with Crippen LogP contribution in [0.4, 0.5) is 0 Å². The van der Waals surface area contributed by atoms with Crippen molar-refractivity contribution >= 4 is 22.8 Å². The summed E-state index contributed by atoms with van der Waals surface area (Å²) in [4.78, 5) is 12.9. The fourth-order valence-electron chi connectivity index (χ4n) is 2.56. The van der Waals surface area contributed by atoms with Gasteiger partial charge in [-0.3, -0.25) is 0 Å². The summed E-state index contributed by atoms with van der Waals surface area (Å²) in [5.74, 6) is 1.57. The van der Waals surface area contributed by atoms with Gasteiger partial charge in [0.25, 0.3) is 0 Å². The van der Waals surface area contributed by atoms with Crippen LogP contribution >= 0.6 is 11.6 Å². The first-order valence-corrected chi connectivity index (χ1v) is 7.28. The van der Waals surface area contributed by atoms with E-state index < -0.39 is 0 Å². The second kappa shape index (κ2) is 5.93. The molecule has 0 radical (unpaired) electrons. The second-order valence-electron chi connectivity index (χ2n) is 4.82. The lowest BCUT2D eigenvalue weighted by Gasteiger charge is -2.23. The van der Waals surface area contributed by atoms with Crippen LogP contribution in [-0.4, -0.2) is 39.3 Å². The SMILES string of the molecule is COc1ncnc2c1nc(CCl)n2CC1CCCCO1. The van der Waals surface area contributed by atoms with Gasteiger partial charge in [0, 0.05) is 6.61 Å². The van der Waals surface area contributed by atoms with Gasteiger partial charge in [-0.2, -0.15) is 4.98 Å². The molecule has 1 aliphatic heterocycles. The Balaban J connectivity index is 1.99. The first-order chi connectivity index (χ1) is 9.83. The van der Waals surface area contributed by atoms with E-state index in [9.17, 15) is 0 Å². The van der Waals surface area contributed by atoms with Gasteiger partial charge in [-0.15, -0.1) is 11.6 Å². The number of rotatable bonds is 4. The molecule has 2 aromatic heterocycles. The average Bonchev–Trinajstić information content (AvgIpc) is 2.86. The molecule has 108 valence electrons. The van der Waals surface area contributed by atoms with Crippen molar-refractivity contribution < 1.29 is 9.47 Å². The summed E-state index contributed by atoms with van der Waals surface area (Å²) in [5.41, 5.74) is 1.41. The topological polar surface area (TPSA) is 62.1 Å². The minimum atomic E-state index is 0.198. The molecule has 1 saturated heterocycles. The van der Waals surface area contributed by atoms with Gasteiger partial charge >= 0.3 is 0 Å². The van der Waals surface area contributed by atoms with Gasteiger partial charge in [0.1, 0.15) is 12.2 Å². The Labute approximate surface area is 122 Å². The maximum absolute atomic E-state index is 6.00. The number of fused-ring (bicyclic) bond motifs is 1. The highest BCUT2D eigenvalue weighted by Gasteiger charge is 2.20. The van der Waals surface area contributed by atoms with E-state index in [1.165, 1.54) is 12.7 Å². The number of ether oxygens (including phenoxy) is 2. The fourth-order valence-corrected chi connectivity index (χ4v) is 2.76. The zero-order valence-corrected chi connectivity index (χ0v) is 12.1. The molecule has 0 bridgehead atoms. The Hall–Kier alpha value is -1.40. The van der Waals surface area contributed by atoms with Crippen LogP contribution < -0.4 is 4.74 Å². The van der Waals surface area contributed by atoms with Gasteiger partial charge < -0.3 is 14.0 Å². The third-order valence-electron chi connectivity index (χ3n) is 3.55. The summed E-state index contributed by atoms with van der Waals surface area (Å²) in [7, 11) is 1.57. The zero-order chi connectivity index (χ0) is 13.9. The predicted octanol–water partition coefficient (Wildman–Crippen LogP) is 2.14. The first-order valence-electron chi connectivity index (χ1n) is 6.75. The predicted molar refractivity (Wildman–Crippen MR) is 75.0 cm³/mol. The number of nitrogens with zero attached hydrogens (tertiary/aromatic N) is 4. The van der Waals surface area contributed by atoms with E-state index in [-0.39, 0.29) is 6.10 Å². The zero-order valence-electron chi connectivity index (χ0n) is 11.4. The summed E-state index contributed by atoms with van der Waals surface area (Å²) < 4.78 is 13.0. The number of halogens is 1. The maximum Gasteiger partial charge on any atom is 0.245 e. The third kappa shape index (κ3) is 2.45.